The van der Waals surface area contributed by atoms with Crippen molar-refractivity contribution < 1.29 is 0 Å². The topological polar surface area (TPSA) is 66.2 Å². The smallest absolute Gasteiger partial charge is 0.189 e. The molecule has 5 heteroatoms. The number of nitrogens with one attached hydrogen (secondary N) is 2. The van der Waals surface area contributed by atoms with Gasteiger partial charge in [-0.2, -0.15) is 0 Å². The summed E-state index contributed by atoms with van der Waals surface area (Å²) in [6.07, 6.45) is 0. The van der Waals surface area contributed by atoms with Gasteiger partial charge >= 0.3 is 0 Å². The highest BCUT2D eigenvalue weighted by Crippen LogP contribution is 2.20. The number of halogens is 1. The summed E-state index contributed by atoms with van der Waals surface area (Å²) in [5.74, 6) is 0.477. The van der Waals surface area contributed by atoms with E-state index in [1.54, 1.807) is 0 Å². The summed E-state index contributed by atoms with van der Waals surface area (Å²) < 4.78 is 1.07. The maximum Gasteiger partial charge on any atom is 0.189 e. The predicted octanol–water partition coefficient (Wildman–Crippen LogP) is 2.74. The van der Waals surface area contributed by atoms with Crippen LogP contribution in [0.15, 0.2) is 33.7 Å². The van der Waals surface area contributed by atoms with E-state index in [2.05, 4.69) is 43.4 Å². The van der Waals surface area contributed by atoms with Gasteiger partial charge in [0.15, 0.2) is 5.96 Å². The van der Waals surface area contributed by atoms with Gasteiger partial charge in [0.1, 0.15) is 0 Å². The van der Waals surface area contributed by atoms with Gasteiger partial charge in [-0.15, -0.1) is 0 Å². The number of nitrogens with two attached hydrogens (primary N) is 1. The van der Waals surface area contributed by atoms with Gasteiger partial charge in [0.2, 0.25) is 0 Å². The highest BCUT2D eigenvalue weighted by Gasteiger charge is 2.01. The number of aromatic amines is 1. The van der Waals surface area contributed by atoms with Gasteiger partial charge in [-0.1, -0.05) is 15.9 Å². The van der Waals surface area contributed by atoms with E-state index in [9.17, 15) is 0 Å². The Morgan fingerprint density at radius 2 is 2.22 bits per heavy atom. The second kappa shape index (κ2) is 5.44. The minimum Gasteiger partial charge on any atom is -0.370 e. The van der Waals surface area contributed by atoms with Crippen LogP contribution in [0.25, 0.3) is 10.9 Å². The minimum atomic E-state index is 0.299. The SMILES string of the molecule is CC(C)NC(N)=NCc1cc2cc(Br)ccc2[nH]1. The van der Waals surface area contributed by atoms with Crippen molar-refractivity contribution in [2.24, 2.45) is 10.7 Å². The Hall–Kier alpha value is -1.49. The molecule has 0 aliphatic heterocycles. The second-order valence-electron chi connectivity index (χ2n) is 4.53. The lowest BCUT2D eigenvalue weighted by molar-refractivity contribution is 0.723. The zero-order valence-electron chi connectivity index (χ0n) is 10.5. The quantitative estimate of drug-likeness (QED) is 0.603. The van der Waals surface area contributed by atoms with Gasteiger partial charge < -0.3 is 16.0 Å². The summed E-state index contributed by atoms with van der Waals surface area (Å²) in [4.78, 5) is 7.61. The Labute approximate surface area is 115 Å². The van der Waals surface area contributed by atoms with Crippen LogP contribution in [0, 0.1) is 0 Å². The van der Waals surface area contributed by atoms with Gasteiger partial charge in [-0.25, -0.2) is 4.99 Å². The van der Waals surface area contributed by atoms with Crippen LogP contribution in [0.2, 0.25) is 0 Å². The summed E-state index contributed by atoms with van der Waals surface area (Å²) >= 11 is 3.46. The average molecular weight is 309 g/mol. The molecule has 0 atom stereocenters. The van der Waals surface area contributed by atoms with Crippen LogP contribution in [0.5, 0.6) is 0 Å². The first-order valence-electron chi connectivity index (χ1n) is 5.88. The summed E-state index contributed by atoms with van der Waals surface area (Å²) in [7, 11) is 0. The molecule has 0 aliphatic rings. The molecule has 2 rings (SSSR count). The van der Waals surface area contributed by atoms with E-state index in [1.807, 2.05) is 26.0 Å². The molecule has 4 N–H and O–H groups in total. The molecule has 1 heterocycles. The first-order chi connectivity index (χ1) is 8.54. The Kier molecular flexibility index (Phi) is 3.91. The van der Waals surface area contributed by atoms with Crippen molar-refractivity contribution in [2.75, 3.05) is 0 Å². The van der Waals surface area contributed by atoms with Gasteiger partial charge in [0.25, 0.3) is 0 Å². The normalized spacial score (nSPS) is 12.3. The highest BCUT2D eigenvalue weighted by molar-refractivity contribution is 9.10. The fourth-order valence-electron chi connectivity index (χ4n) is 1.76. The van der Waals surface area contributed by atoms with Crippen LogP contribution in [0.4, 0.5) is 0 Å². The zero-order chi connectivity index (χ0) is 13.1. The number of H-pyrrole nitrogens is 1. The van der Waals surface area contributed by atoms with Gasteiger partial charge in [0.05, 0.1) is 6.54 Å². The van der Waals surface area contributed by atoms with Crippen molar-refractivity contribution >= 4 is 32.8 Å². The third-order valence-electron chi connectivity index (χ3n) is 2.49. The first kappa shape index (κ1) is 13.0. The lowest BCUT2D eigenvalue weighted by Gasteiger charge is -2.07. The molecule has 0 spiro atoms. The lowest BCUT2D eigenvalue weighted by atomic mass is 10.2. The molecular weight excluding hydrogens is 292 g/mol. The number of aliphatic imine (C=N–C) groups is 1. The van der Waals surface area contributed by atoms with E-state index in [0.717, 1.165) is 15.7 Å². The number of rotatable bonds is 3. The first-order valence-corrected chi connectivity index (χ1v) is 6.67. The fraction of sp³-hybridized carbons (Fsp3) is 0.308. The van der Waals surface area contributed by atoms with Crippen molar-refractivity contribution in [3.8, 4) is 0 Å². The van der Waals surface area contributed by atoms with Crippen LogP contribution in [-0.2, 0) is 6.54 Å². The number of nitrogens with zero attached hydrogens (tertiary/aromatic N) is 1. The molecule has 4 nitrogen and oxygen atoms in total. The molecule has 0 fully saturated rings. The molecule has 0 aliphatic carbocycles. The van der Waals surface area contributed by atoms with E-state index in [4.69, 9.17) is 5.73 Å². The summed E-state index contributed by atoms with van der Waals surface area (Å²) in [6.45, 7) is 4.61. The van der Waals surface area contributed by atoms with Crippen LogP contribution < -0.4 is 11.1 Å². The molecule has 2 aromatic rings. The second-order valence-corrected chi connectivity index (χ2v) is 5.44. The van der Waals surface area contributed by atoms with Gasteiger partial charge in [-0.3, -0.25) is 0 Å². The molecule has 0 bridgehead atoms. The van der Waals surface area contributed by atoms with Crippen LogP contribution in [-0.4, -0.2) is 17.0 Å². The average Bonchev–Trinajstić information content (AvgIpc) is 2.67. The number of aromatic nitrogens is 1. The van der Waals surface area contributed by atoms with E-state index in [-0.39, 0.29) is 0 Å². The summed E-state index contributed by atoms with van der Waals surface area (Å²) in [5, 5.41) is 4.23. The lowest BCUT2D eigenvalue weighted by Crippen LogP contribution is -2.36. The molecular formula is C13H17BrN4. The Balaban J connectivity index is 2.12. The molecule has 0 saturated heterocycles. The third kappa shape index (κ3) is 3.26. The van der Waals surface area contributed by atoms with E-state index in [0.29, 0.717) is 18.5 Å². The van der Waals surface area contributed by atoms with Crippen LogP contribution in [0.3, 0.4) is 0 Å². The van der Waals surface area contributed by atoms with Crippen LogP contribution in [0.1, 0.15) is 19.5 Å². The number of guanidine groups is 1. The highest BCUT2D eigenvalue weighted by atomic mass is 79.9. The van der Waals surface area contributed by atoms with Crippen molar-refractivity contribution in [2.45, 2.75) is 26.4 Å². The minimum absolute atomic E-state index is 0.299. The molecule has 0 amide bonds. The Bertz CT molecular complexity index is 571. The zero-order valence-corrected chi connectivity index (χ0v) is 12.1. The number of hydrogen-bond acceptors (Lipinski definition) is 1. The third-order valence-corrected chi connectivity index (χ3v) is 2.99. The Morgan fingerprint density at radius 3 is 2.94 bits per heavy atom. The van der Waals surface area contributed by atoms with Crippen molar-refractivity contribution in [3.05, 3.63) is 34.4 Å². The van der Waals surface area contributed by atoms with Crippen molar-refractivity contribution in [3.63, 3.8) is 0 Å². The molecule has 0 saturated carbocycles. The summed E-state index contributed by atoms with van der Waals surface area (Å²) in [6, 6.07) is 8.52. The predicted molar refractivity (Wildman–Crippen MR) is 79.6 cm³/mol. The fourth-order valence-corrected chi connectivity index (χ4v) is 2.14. The molecule has 1 aromatic carbocycles. The molecule has 0 unspecified atom stereocenters. The van der Waals surface area contributed by atoms with Gasteiger partial charge in [-0.05, 0) is 38.1 Å². The van der Waals surface area contributed by atoms with Gasteiger partial charge in [0, 0.05) is 27.1 Å². The molecule has 96 valence electrons. The molecule has 18 heavy (non-hydrogen) atoms. The van der Waals surface area contributed by atoms with E-state index in [1.165, 1.54) is 5.39 Å². The van der Waals surface area contributed by atoms with E-state index >= 15 is 0 Å². The Morgan fingerprint density at radius 1 is 1.44 bits per heavy atom. The molecule has 1 aromatic heterocycles. The summed E-state index contributed by atoms with van der Waals surface area (Å²) in [5.41, 5.74) is 7.92. The van der Waals surface area contributed by atoms with E-state index < -0.39 is 0 Å². The largest absolute Gasteiger partial charge is 0.370 e. The molecule has 0 radical (unpaired) electrons. The maximum atomic E-state index is 5.76. The van der Waals surface area contributed by atoms with Crippen molar-refractivity contribution in [1.29, 1.82) is 0 Å². The number of fused-ring (bicyclic) bond motifs is 1. The standard InChI is InChI=1S/C13H17BrN4/c1-8(2)17-13(15)16-7-11-6-9-5-10(14)3-4-12(9)18-11/h3-6,8,18H,7H2,1-2H3,(H3,15,16,17). The number of hydrogen-bond donors (Lipinski definition) is 3. The van der Waals surface area contributed by atoms with Crippen molar-refractivity contribution in [1.82, 2.24) is 10.3 Å². The maximum absolute atomic E-state index is 5.76. The number of benzene rings is 1. The monoisotopic (exact) mass is 308 g/mol. The van der Waals surface area contributed by atoms with Crippen LogP contribution >= 0.6 is 15.9 Å².